The lowest BCUT2D eigenvalue weighted by Gasteiger charge is -2.18. The molecule has 3 heteroatoms. The molecule has 0 aliphatic carbocycles. The van der Waals surface area contributed by atoms with Crippen molar-refractivity contribution in [2.24, 2.45) is 11.8 Å². The molecule has 0 spiro atoms. The number of likely N-dealkylation sites (tertiary alicyclic amines) is 1. The maximum absolute atomic E-state index is 5.51. The molecule has 1 fully saturated rings. The molecule has 1 aliphatic heterocycles. The lowest BCUT2D eigenvalue weighted by molar-refractivity contribution is 0.0770. The Balaban J connectivity index is 1.90. The summed E-state index contributed by atoms with van der Waals surface area (Å²) in [6.45, 7) is 15.7. The molecule has 3 nitrogen and oxygen atoms in total. The molecule has 0 saturated carbocycles. The molecule has 18 heavy (non-hydrogen) atoms. The molecule has 0 radical (unpaired) electrons. The first kappa shape index (κ1) is 15.9. The molecule has 0 amide bonds. The lowest BCUT2D eigenvalue weighted by Crippen LogP contribution is -2.31. The highest BCUT2D eigenvalue weighted by Crippen LogP contribution is 2.22. The zero-order valence-electron chi connectivity index (χ0n) is 12.7. The monoisotopic (exact) mass is 256 g/mol. The summed E-state index contributed by atoms with van der Waals surface area (Å²) in [5.41, 5.74) is 0. The summed E-state index contributed by atoms with van der Waals surface area (Å²) in [6.07, 6.45) is 2.87. The van der Waals surface area contributed by atoms with Gasteiger partial charge in [0.2, 0.25) is 0 Å². The van der Waals surface area contributed by atoms with Crippen LogP contribution in [0.2, 0.25) is 0 Å². The summed E-state index contributed by atoms with van der Waals surface area (Å²) in [5, 5.41) is 3.51. The van der Waals surface area contributed by atoms with E-state index in [2.05, 4.69) is 37.9 Å². The first-order chi connectivity index (χ1) is 8.59. The third-order valence-corrected chi connectivity index (χ3v) is 3.81. The zero-order chi connectivity index (χ0) is 13.4. The van der Waals surface area contributed by atoms with E-state index < -0.39 is 0 Å². The van der Waals surface area contributed by atoms with Gasteiger partial charge in [-0.05, 0) is 51.6 Å². The van der Waals surface area contributed by atoms with Crippen LogP contribution in [-0.2, 0) is 4.74 Å². The Morgan fingerprint density at radius 1 is 1.22 bits per heavy atom. The minimum Gasteiger partial charge on any atom is -0.379 e. The third kappa shape index (κ3) is 6.72. The van der Waals surface area contributed by atoms with Gasteiger partial charge in [0.05, 0.1) is 6.10 Å². The van der Waals surface area contributed by atoms with Gasteiger partial charge >= 0.3 is 0 Å². The second-order valence-corrected chi connectivity index (χ2v) is 6.12. The minimum atomic E-state index is 0.363. The summed E-state index contributed by atoms with van der Waals surface area (Å²) >= 11 is 0. The predicted octanol–water partition coefficient (Wildman–Crippen LogP) is 2.37. The number of nitrogens with one attached hydrogen (secondary N) is 1. The van der Waals surface area contributed by atoms with Crippen LogP contribution in [0.25, 0.3) is 0 Å². The van der Waals surface area contributed by atoms with Gasteiger partial charge in [0.15, 0.2) is 0 Å². The van der Waals surface area contributed by atoms with Gasteiger partial charge in [-0.1, -0.05) is 13.8 Å². The highest BCUT2D eigenvalue weighted by Gasteiger charge is 2.23. The topological polar surface area (TPSA) is 24.5 Å². The first-order valence-electron chi connectivity index (χ1n) is 7.64. The van der Waals surface area contributed by atoms with Crippen molar-refractivity contribution in [1.29, 1.82) is 0 Å². The molecule has 1 unspecified atom stereocenters. The molecular weight excluding hydrogens is 224 g/mol. The quantitative estimate of drug-likeness (QED) is 0.641. The van der Waals surface area contributed by atoms with Gasteiger partial charge in [-0.15, -0.1) is 0 Å². The van der Waals surface area contributed by atoms with E-state index in [0.717, 1.165) is 38.0 Å². The van der Waals surface area contributed by atoms with E-state index in [9.17, 15) is 0 Å². The van der Waals surface area contributed by atoms with E-state index in [0.29, 0.717) is 6.10 Å². The summed E-state index contributed by atoms with van der Waals surface area (Å²) in [6, 6.07) is 0. The molecule has 1 N–H and O–H groups in total. The maximum atomic E-state index is 5.51. The van der Waals surface area contributed by atoms with Crippen molar-refractivity contribution in [3.63, 3.8) is 0 Å². The first-order valence-corrected chi connectivity index (χ1v) is 7.64. The highest BCUT2D eigenvalue weighted by molar-refractivity contribution is 4.77. The number of nitrogens with zero attached hydrogens (tertiary/aromatic N) is 1. The maximum Gasteiger partial charge on any atom is 0.0518 e. The Morgan fingerprint density at radius 3 is 2.61 bits per heavy atom. The Labute approximate surface area is 113 Å². The van der Waals surface area contributed by atoms with Crippen LogP contribution in [-0.4, -0.2) is 50.3 Å². The van der Waals surface area contributed by atoms with Crippen molar-refractivity contribution in [3.05, 3.63) is 0 Å². The van der Waals surface area contributed by atoms with Gasteiger partial charge in [0.25, 0.3) is 0 Å². The van der Waals surface area contributed by atoms with Gasteiger partial charge in [0, 0.05) is 26.2 Å². The van der Waals surface area contributed by atoms with E-state index in [-0.39, 0.29) is 0 Å². The molecule has 0 aromatic rings. The molecule has 0 aromatic carbocycles. The van der Waals surface area contributed by atoms with Crippen LogP contribution in [0.15, 0.2) is 0 Å². The summed E-state index contributed by atoms with van der Waals surface area (Å²) < 4.78 is 5.51. The minimum absolute atomic E-state index is 0.363. The van der Waals surface area contributed by atoms with Gasteiger partial charge in [-0.3, -0.25) is 0 Å². The van der Waals surface area contributed by atoms with E-state index >= 15 is 0 Å². The second kappa shape index (κ2) is 8.89. The van der Waals surface area contributed by atoms with Gasteiger partial charge in [-0.2, -0.15) is 0 Å². The number of hydrogen-bond donors (Lipinski definition) is 1. The second-order valence-electron chi connectivity index (χ2n) is 6.12. The molecule has 1 aliphatic rings. The Hall–Kier alpha value is -0.120. The number of ether oxygens (including phenoxy) is 1. The van der Waals surface area contributed by atoms with Crippen LogP contribution in [0.5, 0.6) is 0 Å². The largest absolute Gasteiger partial charge is 0.379 e. The van der Waals surface area contributed by atoms with Crippen molar-refractivity contribution >= 4 is 0 Å². The SMILES string of the molecule is CC(C)OCCCNCCN1CCC(C(C)C)C1. The fourth-order valence-electron chi connectivity index (χ4n) is 2.49. The van der Waals surface area contributed by atoms with E-state index in [1.807, 2.05) is 0 Å². The Bertz CT molecular complexity index is 207. The van der Waals surface area contributed by atoms with Crippen LogP contribution in [0, 0.1) is 11.8 Å². The van der Waals surface area contributed by atoms with Gasteiger partial charge in [0.1, 0.15) is 0 Å². The summed E-state index contributed by atoms with van der Waals surface area (Å²) in [4.78, 5) is 2.60. The molecule has 1 atom stereocenters. The third-order valence-electron chi connectivity index (χ3n) is 3.81. The van der Waals surface area contributed by atoms with Crippen molar-refractivity contribution in [2.75, 3.05) is 39.3 Å². The zero-order valence-corrected chi connectivity index (χ0v) is 12.7. The molecule has 108 valence electrons. The van der Waals surface area contributed by atoms with Crippen LogP contribution < -0.4 is 5.32 Å². The van der Waals surface area contributed by atoms with Crippen molar-refractivity contribution < 1.29 is 4.74 Å². The average molecular weight is 256 g/mol. The Kier molecular flexibility index (Phi) is 7.87. The number of rotatable bonds is 9. The highest BCUT2D eigenvalue weighted by atomic mass is 16.5. The van der Waals surface area contributed by atoms with Crippen LogP contribution >= 0.6 is 0 Å². The summed E-state index contributed by atoms with van der Waals surface area (Å²) in [5.74, 6) is 1.76. The smallest absolute Gasteiger partial charge is 0.0518 e. The molecule has 1 rings (SSSR count). The fourth-order valence-corrected chi connectivity index (χ4v) is 2.49. The van der Waals surface area contributed by atoms with Crippen LogP contribution in [0.1, 0.15) is 40.5 Å². The average Bonchev–Trinajstić information content (AvgIpc) is 2.76. The summed E-state index contributed by atoms with van der Waals surface area (Å²) in [7, 11) is 0. The molecular formula is C15H32N2O. The van der Waals surface area contributed by atoms with E-state index in [4.69, 9.17) is 4.74 Å². The Morgan fingerprint density at radius 2 is 2.00 bits per heavy atom. The predicted molar refractivity (Wildman–Crippen MR) is 78.0 cm³/mol. The van der Waals surface area contributed by atoms with Crippen molar-refractivity contribution in [3.8, 4) is 0 Å². The molecule has 0 aromatic heterocycles. The molecule has 1 saturated heterocycles. The van der Waals surface area contributed by atoms with E-state index in [1.54, 1.807) is 0 Å². The normalized spacial score (nSPS) is 21.3. The van der Waals surface area contributed by atoms with E-state index in [1.165, 1.54) is 26.1 Å². The van der Waals surface area contributed by atoms with Crippen molar-refractivity contribution in [1.82, 2.24) is 10.2 Å². The molecule has 0 bridgehead atoms. The molecule has 1 heterocycles. The van der Waals surface area contributed by atoms with Gasteiger partial charge in [-0.25, -0.2) is 0 Å². The van der Waals surface area contributed by atoms with Crippen LogP contribution in [0.4, 0.5) is 0 Å². The standard InChI is InChI=1S/C15H32N2O/c1-13(2)15-6-9-17(12-15)10-8-16-7-5-11-18-14(3)4/h13-16H,5-12H2,1-4H3. The van der Waals surface area contributed by atoms with Gasteiger partial charge < -0.3 is 15.0 Å². The lowest BCUT2D eigenvalue weighted by atomic mass is 9.95. The van der Waals surface area contributed by atoms with Crippen LogP contribution in [0.3, 0.4) is 0 Å². The van der Waals surface area contributed by atoms with Crippen molar-refractivity contribution in [2.45, 2.75) is 46.6 Å². The fraction of sp³-hybridized carbons (Fsp3) is 1.00. The number of hydrogen-bond acceptors (Lipinski definition) is 3.